The number of likely N-dealkylation sites (N-methyl/N-ethyl adjacent to an activating group) is 1. The molecule has 122 valence electrons. The molecule has 5 heteroatoms. The summed E-state index contributed by atoms with van der Waals surface area (Å²) in [5.74, 6) is 0.237. The van der Waals surface area contributed by atoms with Gasteiger partial charge < -0.3 is 15.4 Å². The van der Waals surface area contributed by atoms with E-state index in [-0.39, 0.29) is 23.3 Å². The normalized spacial score (nSPS) is 32.9. The van der Waals surface area contributed by atoms with Crippen molar-refractivity contribution < 1.29 is 9.53 Å². The SMILES string of the molecule is CCN(Cc1cccs1)C(=O)C1(N)C2CCCOC2C1(C)C. The fourth-order valence-electron chi connectivity index (χ4n) is 4.19. The maximum Gasteiger partial charge on any atom is 0.244 e. The number of nitrogens with two attached hydrogens (primary N) is 1. The molecule has 1 aliphatic carbocycles. The Balaban J connectivity index is 1.82. The van der Waals surface area contributed by atoms with Gasteiger partial charge in [-0.2, -0.15) is 0 Å². The molecule has 3 rings (SSSR count). The Morgan fingerprint density at radius 2 is 2.32 bits per heavy atom. The Morgan fingerprint density at radius 3 is 2.95 bits per heavy atom. The number of rotatable bonds is 4. The second-order valence-electron chi connectivity index (χ2n) is 7.03. The topological polar surface area (TPSA) is 55.6 Å². The van der Waals surface area contributed by atoms with Gasteiger partial charge in [-0.05, 0) is 31.2 Å². The number of nitrogens with zero attached hydrogens (tertiary/aromatic N) is 1. The maximum absolute atomic E-state index is 13.2. The van der Waals surface area contributed by atoms with Crippen molar-refractivity contribution in [2.24, 2.45) is 17.1 Å². The average molecular weight is 322 g/mol. The summed E-state index contributed by atoms with van der Waals surface area (Å²) in [6.45, 7) is 8.31. The Bertz CT molecular complexity index is 543. The summed E-state index contributed by atoms with van der Waals surface area (Å²) >= 11 is 1.68. The lowest BCUT2D eigenvalue weighted by molar-refractivity contribution is -0.230. The first-order valence-electron chi connectivity index (χ1n) is 8.15. The van der Waals surface area contributed by atoms with Crippen LogP contribution in [0.1, 0.15) is 38.5 Å². The second kappa shape index (κ2) is 5.62. The van der Waals surface area contributed by atoms with E-state index in [4.69, 9.17) is 10.5 Å². The van der Waals surface area contributed by atoms with Crippen LogP contribution in [0.5, 0.6) is 0 Å². The molecule has 1 saturated carbocycles. The minimum absolute atomic E-state index is 0.0835. The molecule has 4 nitrogen and oxygen atoms in total. The molecule has 2 aliphatic rings. The van der Waals surface area contributed by atoms with Gasteiger partial charge in [0.25, 0.3) is 0 Å². The predicted molar refractivity (Wildman–Crippen MR) is 88.6 cm³/mol. The number of carbonyl (C=O) groups excluding carboxylic acids is 1. The Kier molecular flexibility index (Phi) is 4.08. The molecular weight excluding hydrogens is 296 g/mol. The lowest BCUT2D eigenvalue weighted by Gasteiger charge is -2.65. The molecule has 3 atom stereocenters. The fraction of sp³-hybridized carbons (Fsp3) is 0.706. The molecule has 3 unspecified atom stereocenters. The highest BCUT2D eigenvalue weighted by atomic mass is 32.1. The smallest absolute Gasteiger partial charge is 0.244 e. The van der Waals surface area contributed by atoms with Crippen molar-refractivity contribution >= 4 is 17.2 Å². The number of hydrogen-bond donors (Lipinski definition) is 1. The highest BCUT2D eigenvalue weighted by Crippen LogP contribution is 2.58. The third-order valence-electron chi connectivity index (χ3n) is 5.63. The Morgan fingerprint density at radius 1 is 1.55 bits per heavy atom. The molecule has 1 aromatic heterocycles. The van der Waals surface area contributed by atoms with Gasteiger partial charge in [0.1, 0.15) is 5.54 Å². The van der Waals surface area contributed by atoms with Crippen molar-refractivity contribution in [1.82, 2.24) is 4.90 Å². The number of ether oxygens (including phenoxy) is 1. The highest BCUT2D eigenvalue weighted by Gasteiger charge is 2.70. The van der Waals surface area contributed by atoms with Crippen molar-refractivity contribution in [3.63, 3.8) is 0 Å². The first-order chi connectivity index (χ1) is 10.4. The van der Waals surface area contributed by atoms with E-state index in [0.29, 0.717) is 13.1 Å². The van der Waals surface area contributed by atoms with Gasteiger partial charge >= 0.3 is 0 Å². The molecule has 2 fully saturated rings. The molecule has 2 N–H and O–H groups in total. The highest BCUT2D eigenvalue weighted by molar-refractivity contribution is 7.09. The number of thiophene rings is 1. The summed E-state index contributed by atoms with van der Waals surface area (Å²) in [5.41, 5.74) is 5.61. The molecule has 0 radical (unpaired) electrons. The first-order valence-corrected chi connectivity index (χ1v) is 9.03. The van der Waals surface area contributed by atoms with Crippen molar-refractivity contribution in [1.29, 1.82) is 0 Å². The van der Waals surface area contributed by atoms with Gasteiger partial charge in [-0.3, -0.25) is 4.79 Å². The lowest BCUT2D eigenvalue weighted by atomic mass is 9.46. The molecule has 2 heterocycles. The maximum atomic E-state index is 13.2. The zero-order valence-corrected chi connectivity index (χ0v) is 14.5. The monoisotopic (exact) mass is 322 g/mol. The first kappa shape index (κ1) is 16.0. The van der Waals surface area contributed by atoms with Crippen LogP contribution in [-0.2, 0) is 16.1 Å². The van der Waals surface area contributed by atoms with Gasteiger partial charge in [-0.1, -0.05) is 19.9 Å². The van der Waals surface area contributed by atoms with Crippen LogP contribution in [0.4, 0.5) is 0 Å². The number of hydrogen-bond acceptors (Lipinski definition) is 4. The molecule has 1 saturated heterocycles. The summed E-state index contributed by atoms with van der Waals surface area (Å²) < 4.78 is 5.91. The lowest BCUT2D eigenvalue weighted by Crippen LogP contribution is -2.82. The minimum Gasteiger partial charge on any atom is -0.377 e. The third kappa shape index (κ3) is 2.14. The van der Waals surface area contributed by atoms with Gasteiger partial charge in [-0.25, -0.2) is 0 Å². The van der Waals surface area contributed by atoms with Crippen molar-refractivity contribution in [3.05, 3.63) is 22.4 Å². The summed E-state index contributed by atoms with van der Waals surface area (Å²) in [6, 6.07) is 4.09. The molecule has 0 bridgehead atoms. The zero-order valence-electron chi connectivity index (χ0n) is 13.7. The number of fused-ring (bicyclic) bond motifs is 1. The average Bonchev–Trinajstić information content (AvgIpc) is 3.04. The molecule has 1 aliphatic heterocycles. The predicted octanol–water partition coefficient (Wildman–Crippen LogP) is 2.63. The van der Waals surface area contributed by atoms with Crippen LogP contribution >= 0.6 is 11.3 Å². The van der Waals surface area contributed by atoms with Gasteiger partial charge in [-0.15, -0.1) is 11.3 Å². The van der Waals surface area contributed by atoms with Crippen LogP contribution in [0.15, 0.2) is 17.5 Å². The number of carbonyl (C=O) groups is 1. The standard InChI is InChI=1S/C17H26N2O2S/c1-4-19(11-12-7-6-10-22-12)15(20)17(18)13-8-5-9-21-14(13)16(17,2)3/h6-7,10,13-14H,4-5,8-9,11,18H2,1-3H3. The van der Waals surface area contributed by atoms with E-state index in [9.17, 15) is 4.79 Å². The van der Waals surface area contributed by atoms with E-state index in [1.807, 2.05) is 23.3 Å². The van der Waals surface area contributed by atoms with Gasteiger partial charge in [0, 0.05) is 29.4 Å². The summed E-state index contributed by atoms with van der Waals surface area (Å²) in [7, 11) is 0. The summed E-state index contributed by atoms with van der Waals surface area (Å²) in [6.07, 6.45) is 2.11. The second-order valence-corrected chi connectivity index (χ2v) is 8.06. The van der Waals surface area contributed by atoms with E-state index < -0.39 is 5.54 Å². The molecular formula is C17H26N2O2S. The minimum atomic E-state index is -0.800. The van der Waals surface area contributed by atoms with Gasteiger partial charge in [0.2, 0.25) is 5.91 Å². The molecule has 1 aromatic rings. The largest absolute Gasteiger partial charge is 0.377 e. The quantitative estimate of drug-likeness (QED) is 0.927. The fourth-order valence-corrected chi connectivity index (χ4v) is 4.91. The van der Waals surface area contributed by atoms with E-state index in [2.05, 4.69) is 19.9 Å². The third-order valence-corrected chi connectivity index (χ3v) is 6.50. The van der Waals surface area contributed by atoms with Crippen LogP contribution in [0.3, 0.4) is 0 Å². The molecule has 22 heavy (non-hydrogen) atoms. The van der Waals surface area contributed by atoms with Gasteiger partial charge in [0.05, 0.1) is 12.6 Å². The molecule has 0 aromatic carbocycles. The van der Waals surface area contributed by atoms with Crippen molar-refractivity contribution in [2.75, 3.05) is 13.2 Å². The van der Waals surface area contributed by atoms with Crippen molar-refractivity contribution in [2.45, 2.75) is 51.8 Å². The van der Waals surface area contributed by atoms with Crippen LogP contribution in [0.25, 0.3) is 0 Å². The van der Waals surface area contributed by atoms with Crippen LogP contribution in [0, 0.1) is 11.3 Å². The molecule has 1 amide bonds. The van der Waals surface area contributed by atoms with Gasteiger partial charge in [0.15, 0.2) is 0 Å². The van der Waals surface area contributed by atoms with E-state index in [1.54, 1.807) is 11.3 Å². The van der Waals surface area contributed by atoms with E-state index in [0.717, 1.165) is 19.4 Å². The molecule has 0 spiro atoms. The van der Waals surface area contributed by atoms with Crippen LogP contribution < -0.4 is 5.73 Å². The van der Waals surface area contributed by atoms with Crippen molar-refractivity contribution in [3.8, 4) is 0 Å². The summed E-state index contributed by atoms with van der Waals surface area (Å²) in [4.78, 5) is 16.3. The number of amides is 1. The zero-order chi connectivity index (χ0) is 16.0. The van der Waals surface area contributed by atoms with E-state index in [1.165, 1.54) is 4.88 Å². The summed E-state index contributed by atoms with van der Waals surface area (Å²) in [5, 5.41) is 2.05. The Labute approximate surface area is 136 Å². The van der Waals surface area contributed by atoms with Crippen LogP contribution in [0.2, 0.25) is 0 Å². The Hall–Kier alpha value is -0.910. The van der Waals surface area contributed by atoms with E-state index >= 15 is 0 Å². The van der Waals surface area contributed by atoms with Crippen LogP contribution in [-0.4, -0.2) is 35.6 Å².